The van der Waals surface area contributed by atoms with E-state index >= 15 is 0 Å². The third-order valence-electron chi connectivity index (χ3n) is 5.75. The molecule has 0 aliphatic carbocycles. The summed E-state index contributed by atoms with van der Waals surface area (Å²) in [4.78, 5) is 0.198. The molecule has 5 aromatic carbocycles. The average molecular weight is 506 g/mol. The van der Waals surface area contributed by atoms with Crippen LogP contribution in [0.2, 0.25) is 0 Å². The van der Waals surface area contributed by atoms with Gasteiger partial charge in [-0.1, -0.05) is 72.8 Å². The Kier molecular flexibility index (Phi) is 8.55. The number of nitriles is 1. The second-order valence-electron chi connectivity index (χ2n) is 7.88. The fourth-order valence-electron chi connectivity index (χ4n) is 4.14. The molecule has 0 aliphatic rings. The fraction of sp³-hybridized carbons (Fsp3) is 0. The van der Waals surface area contributed by atoms with Crippen LogP contribution in [0.15, 0.2) is 150 Å². The molecule has 176 valence electrons. The Labute approximate surface area is 215 Å². The second-order valence-corrected chi connectivity index (χ2v) is 12.2. The molecule has 0 saturated carbocycles. The van der Waals surface area contributed by atoms with Crippen molar-refractivity contribution < 1.29 is 8.76 Å². The number of benzene rings is 5. The molecule has 5 rings (SSSR count). The quantitative estimate of drug-likeness (QED) is 0.247. The third-order valence-corrected chi connectivity index (χ3v) is 10.7. The van der Waals surface area contributed by atoms with Crippen LogP contribution in [0, 0.1) is 11.3 Å². The Hall–Kier alpha value is -3.87. The summed E-state index contributed by atoms with van der Waals surface area (Å²) < 4.78 is 20.6. The van der Waals surface area contributed by atoms with E-state index in [4.69, 9.17) is 5.26 Å². The average Bonchev–Trinajstić information content (AvgIpc) is 2.96. The third kappa shape index (κ3) is 5.51. The van der Waals surface area contributed by atoms with Crippen molar-refractivity contribution in [1.82, 2.24) is 0 Å². The van der Waals surface area contributed by atoms with E-state index in [-0.39, 0.29) is 4.90 Å². The van der Waals surface area contributed by atoms with E-state index in [1.807, 2.05) is 6.07 Å². The van der Waals surface area contributed by atoms with E-state index in [2.05, 4.69) is 121 Å². The number of nitrogens with zero attached hydrogens (tertiary/aromatic N) is 1. The largest absolute Gasteiger partial charge is 0.768 e. The summed E-state index contributed by atoms with van der Waals surface area (Å²) in [5, 5.41) is 13.9. The van der Waals surface area contributed by atoms with Gasteiger partial charge in [-0.3, -0.25) is 4.21 Å². The Bertz CT molecular complexity index is 1270. The zero-order valence-electron chi connectivity index (χ0n) is 19.5. The normalized spacial score (nSPS) is 11.4. The SMILES string of the molecule is N#Cc1ccc(S(=O)[O-])cc1.c1ccc([P+](c2ccccc2)(c2ccccc2)c2ccccc2)cc1. The van der Waals surface area contributed by atoms with Crippen molar-refractivity contribution in [1.29, 1.82) is 5.26 Å². The first kappa shape index (κ1) is 25.2. The topological polar surface area (TPSA) is 63.9 Å². The van der Waals surface area contributed by atoms with E-state index < -0.39 is 18.3 Å². The number of rotatable bonds is 5. The maximum absolute atomic E-state index is 10.3. The van der Waals surface area contributed by atoms with Crippen LogP contribution in [0.5, 0.6) is 0 Å². The summed E-state index contributed by atoms with van der Waals surface area (Å²) >= 11 is -2.20. The minimum Gasteiger partial charge on any atom is -0.768 e. The van der Waals surface area contributed by atoms with Crippen LogP contribution in [0.1, 0.15) is 5.56 Å². The van der Waals surface area contributed by atoms with Gasteiger partial charge in [-0.25, -0.2) is 0 Å². The van der Waals surface area contributed by atoms with Crippen molar-refractivity contribution in [3.05, 3.63) is 151 Å². The van der Waals surface area contributed by atoms with Gasteiger partial charge in [0.15, 0.2) is 0 Å². The minimum absolute atomic E-state index is 0.198. The highest BCUT2D eigenvalue weighted by atomic mass is 32.2. The van der Waals surface area contributed by atoms with Gasteiger partial charge in [0.05, 0.1) is 11.6 Å². The van der Waals surface area contributed by atoms with Gasteiger partial charge >= 0.3 is 0 Å². The molecular formula is C31H24NO2PS. The van der Waals surface area contributed by atoms with Crippen molar-refractivity contribution in [2.45, 2.75) is 4.90 Å². The molecule has 0 amide bonds. The van der Waals surface area contributed by atoms with Gasteiger partial charge in [0.25, 0.3) is 0 Å². The molecule has 0 bridgehead atoms. The highest BCUT2D eigenvalue weighted by Crippen LogP contribution is 2.53. The van der Waals surface area contributed by atoms with Gasteiger partial charge in [-0.15, -0.1) is 0 Å². The maximum Gasteiger partial charge on any atom is 0.144 e. The predicted molar refractivity (Wildman–Crippen MR) is 150 cm³/mol. The van der Waals surface area contributed by atoms with Crippen molar-refractivity contribution in [3.8, 4) is 6.07 Å². The lowest BCUT2D eigenvalue weighted by atomic mass is 10.2. The van der Waals surface area contributed by atoms with Crippen LogP contribution in [0.25, 0.3) is 0 Å². The van der Waals surface area contributed by atoms with Crippen LogP contribution in [0.3, 0.4) is 0 Å². The van der Waals surface area contributed by atoms with Crippen molar-refractivity contribution >= 4 is 39.6 Å². The summed E-state index contributed by atoms with van der Waals surface area (Å²) in [6, 6.07) is 51.4. The molecule has 1 unspecified atom stereocenters. The summed E-state index contributed by atoms with van der Waals surface area (Å²) in [7, 11) is -1.91. The molecule has 0 spiro atoms. The molecule has 0 N–H and O–H groups in total. The van der Waals surface area contributed by atoms with Gasteiger partial charge in [-0.2, -0.15) is 5.26 Å². The Morgan fingerprint density at radius 1 is 0.528 bits per heavy atom. The summed E-state index contributed by atoms with van der Waals surface area (Å²) in [5.74, 6) is 0. The van der Waals surface area contributed by atoms with Crippen LogP contribution >= 0.6 is 7.26 Å². The smallest absolute Gasteiger partial charge is 0.144 e. The van der Waals surface area contributed by atoms with E-state index in [1.54, 1.807) is 0 Å². The van der Waals surface area contributed by atoms with E-state index in [9.17, 15) is 8.76 Å². The van der Waals surface area contributed by atoms with E-state index in [0.717, 1.165) is 0 Å². The van der Waals surface area contributed by atoms with Gasteiger partial charge in [0.1, 0.15) is 28.5 Å². The molecule has 5 aromatic rings. The van der Waals surface area contributed by atoms with Gasteiger partial charge < -0.3 is 4.55 Å². The molecule has 0 saturated heterocycles. The molecule has 3 nitrogen and oxygen atoms in total. The summed E-state index contributed by atoms with van der Waals surface area (Å²) in [6.07, 6.45) is 0. The number of hydrogen-bond acceptors (Lipinski definition) is 3. The zero-order valence-corrected chi connectivity index (χ0v) is 21.2. The van der Waals surface area contributed by atoms with Crippen LogP contribution in [-0.2, 0) is 11.1 Å². The van der Waals surface area contributed by atoms with Crippen molar-refractivity contribution in [2.75, 3.05) is 0 Å². The molecule has 5 heteroatoms. The van der Waals surface area contributed by atoms with Crippen LogP contribution in [0.4, 0.5) is 0 Å². The minimum atomic E-state index is -2.20. The Balaban J connectivity index is 0.000000233. The Morgan fingerprint density at radius 3 is 1.08 bits per heavy atom. The lowest BCUT2D eigenvalue weighted by Crippen LogP contribution is -2.38. The van der Waals surface area contributed by atoms with Crippen LogP contribution in [-0.4, -0.2) is 8.76 Å². The molecule has 36 heavy (non-hydrogen) atoms. The second kappa shape index (κ2) is 12.2. The first-order valence-electron chi connectivity index (χ1n) is 11.4. The highest BCUT2D eigenvalue weighted by Gasteiger charge is 2.47. The Morgan fingerprint density at radius 2 is 0.833 bits per heavy atom. The molecular weight excluding hydrogens is 481 g/mol. The highest BCUT2D eigenvalue weighted by molar-refractivity contribution is 8.01. The van der Waals surface area contributed by atoms with Crippen molar-refractivity contribution in [2.24, 2.45) is 0 Å². The predicted octanol–water partition coefficient (Wildman–Crippen LogP) is 5.10. The summed E-state index contributed by atoms with van der Waals surface area (Å²) in [5.41, 5.74) is 0.458. The monoisotopic (exact) mass is 505 g/mol. The maximum atomic E-state index is 10.3. The first-order valence-corrected chi connectivity index (χ1v) is 14.2. The molecule has 0 radical (unpaired) electrons. The van der Waals surface area contributed by atoms with Gasteiger partial charge in [-0.05, 0) is 83.9 Å². The summed E-state index contributed by atoms with van der Waals surface area (Å²) in [6.45, 7) is 0. The molecule has 0 aromatic heterocycles. The molecule has 0 fully saturated rings. The number of hydrogen-bond donors (Lipinski definition) is 0. The lowest BCUT2D eigenvalue weighted by molar-refractivity contribution is 0.537. The molecule has 0 heterocycles. The van der Waals surface area contributed by atoms with Crippen LogP contribution < -0.4 is 21.2 Å². The standard InChI is InChI=1S/C24H20P.C7H5NO2S/c1-5-13-21(14-6-1)25(22-15-7-2-8-16-22,23-17-9-3-10-18-23)24-19-11-4-12-20-24;8-5-6-1-3-7(4-2-6)11(9)10/h1-20H;1-4H,(H,9,10)/q+1;/p-1. The zero-order chi connectivity index (χ0) is 25.2. The van der Waals surface area contributed by atoms with Crippen molar-refractivity contribution in [3.63, 3.8) is 0 Å². The molecule has 1 atom stereocenters. The fourth-order valence-corrected chi connectivity index (χ4v) is 8.77. The van der Waals surface area contributed by atoms with E-state index in [1.165, 1.54) is 45.5 Å². The van der Waals surface area contributed by atoms with E-state index in [0.29, 0.717) is 5.56 Å². The lowest BCUT2D eigenvalue weighted by Gasteiger charge is -2.27. The van der Waals surface area contributed by atoms with Gasteiger partial charge in [0.2, 0.25) is 0 Å². The van der Waals surface area contributed by atoms with Gasteiger partial charge in [0, 0.05) is 4.90 Å². The first-order chi connectivity index (χ1) is 17.7. The molecule has 0 aliphatic heterocycles.